The van der Waals surface area contributed by atoms with E-state index in [1.54, 1.807) is 0 Å². The smallest absolute Gasteiger partial charge is 0.156 e. The van der Waals surface area contributed by atoms with Crippen LogP contribution in [-0.4, -0.2) is 33.2 Å². The summed E-state index contributed by atoms with van der Waals surface area (Å²) in [6, 6.07) is 8.45. The Morgan fingerprint density at radius 2 is 1.86 bits per heavy atom. The van der Waals surface area contributed by atoms with Gasteiger partial charge in [-0.15, -0.1) is 0 Å². The average Bonchev–Trinajstić information content (AvgIpc) is 2.90. The van der Waals surface area contributed by atoms with Crippen molar-refractivity contribution in [3.63, 3.8) is 0 Å². The van der Waals surface area contributed by atoms with Crippen LogP contribution in [0.2, 0.25) is 5.02 Å². The van der Waals surface area contributed by atoms with Crippen molar-refractivity contribution >= 4 is 11.6 Å². The maximum absolute atomic E-state index is 5.93. The van der Waals surface area contributed by atoms with Crippen LogP contribution in [0.3, 0.4) is 0 Å². The summed E-state index contributed by atoms with van der Waals surface area (Å²) < 4.78 is 0. The summed E-state index contributed by atoms with van der Waals surface area (Å²) >= 11 is 5.93. The molecule has 0 fully saturated rings. The number of halogens is 1. The lowest BCUT2D eigenvalue weighted by Crippen LogP contribution is -2.30. The van der Waals surface area contributed by atoms with Crippen LogP contribution in [0, 0.1) is 0 Å². The highest BCUT2D eigenvalue weighted by molar-refractivity contribution is 6.30. The molecular formula is C17H25ClN4. The highest BCUT2D eigenvalue weighted by Crippen LogP contribution is 2.18. The number of rotatable bonds is 5. The number of likely N-dealkylation sites (N-methyl/N-ethyl adjacent to an activating group) is 1. The molecule has 0 amide bonds. The Bertz CT molecular complexity index is 598. The molecule has 1 unspecified atom stereocenters. The van der Waals surface area contributed by atoms with E-state index in [2.05, 4.69) is 67.0 Å². The SMILES string of the molecule is CC(Cc1ccc(Cl)cc1)N(C)Cc1nc(C(C)(C)C)n[nH]1. The number of hydrogen-bond acceptors (Lipinski definition) is 3. The molecule has 0 spiro atoms. The predicted octanol–water partition coefficient (Wildman–Crippen LogP) is 3.82. The van der Waals surface area contributed by atoms with Crippen molar-refractivity contribution in [2.75, 3.05) is 7.05 Å². The first-order valence-electron chi connectivity index (χ1n) is 7.62. The lowest BCUT2D eigenvalue weighted by molar-refractivity contribution is 0.242. The quantitative estimate of drug-likeness (QED) is 0.911. The Morgan fingerprint density at radius 1 is 1.23 bits per heavy atom. The van der Waals surface area contributed by atoms with E-state index in [1.807, 2.05) is 12.1 Å². The monoisotopic (exact) mass is 320 g/mol. The molecule has 1 heterocycles. The second-order valence-electron chi connectivity index (χ2n) is 6.95. The van der Waals surface area contributed by atoms with Crippen molar-refractivity contribution in [1.82, 2.24) is 20.1 Å². The maximum atomic E-state index is 5.93. The first-order valence-corrected chi connectivity index (χ1v) is 8.00. The van der Waals surface area contributed by atoms with Gasteiger partial charge in [0.15, 0.2) is 5.82 Å². The van der Waals surface area contributed by atoms with Gasteiger partial charge in [-0.1, -0.05) is 44.5 Å². The number of nitrogens with zero attached hydrogens (tertiary/aromatic N) is 3. The number of hydrogen-bond donors (Lipinski definition) is 1. The summed E-state index contributed by atoms with van der Waals surface area (Å²) in [5.41, 5.74) is 1.26. The van der Waals surface area contributed by atoms with Gasteiger partial charge in [-0.3, -0.25) is 10.00 Å². The Labute approximate surface area is 137 Å². The van der Waals surface area contributed by atoms with Crippen molar-refractivity contribution in [3.8, 4) is 0 Å². The number of aromatic amines is 1. The summed E-state index contributed by atoms with van der Waals surface area (Å²) in [6.45, 7) is 9.33. The molecule has 0 saturated carbocycles. The zero-order valence-corrected chi connectivity index (χ0v) is 14.8. The second-order valence-corrected chi connectivity index (χ2v) is 7.39. The van der Waals surface area contributed by atoms with Crippen LogP contribution in [0.5, 0.6) is 0 Å². The van der Waals surface area contributed by atoms with Crippen molar-refractivity contribution < 1.29 is 0 Å². The topological polar surface area (TPSA) is 44.8 Å². The molecule has 4 nitrogen and oxygen atoms in total. The maximum Gasteiger partial charge on any atom is 0.156 e. The Kier molecular flexibility index (Phi) is 5.24. The van der Waals surface area contributed by atoms with Gasteiger partial charge < -0.3 is 0 Å². The lowest BCUT2D eigenvalue weighted by atomic mass is 9.96. The molecule has 0 aliphatic rings. The molecular weight excluding hydrogens is 296 g/mol. The number of aromatic nitrogens is 3. The Hall–Kier alpha value is -1.39. The van der Waals surface area contributed by atoms with E-state index in [9.17, 15) is 0 Å². The van der Waals surface area contributed by atoms with Crippen molar-refractivity contribution in [2.45, 2.75) is 52.1 Å². The molecule has 1 aromatic carbocycles. The molecule has 2 rings (SSSR count). The van der Waals surface area contributed by atoms with E-state index in [0.717, 1.165) is 29.6 Å². The predicted molar refractivity (Wildman–Crippen MR) is 91.2 cm³/mol. The zero-order chi connectivity index (χ0) is 16.3. The molecule has 22 heavy (non-hydrogen) atoms. The fourth-order valence-corrected chi connectivity index (χ4v) is 2.34. The van der Waals surface area contributed by atoms with Gasteiger partial charge in [0.25, 0.3) is 0 Å². The third kappa shape index (κ3) is 4.55. The van der Waals surface area contributed by atoms with Gasteiger partial charge in [0, 0.05) is 16.5 Å². The minimum Gasteiger partial charge on any atom is -0.296 e. The van der Waals surface area contributed by atoms with Gasteiger partial charge in [-0.25, -0.2) is 4.98 Å². The first kappa shape index (κ1) is 17.0. The standard InChI is InChI=1S/C17H25ClN4/c1-12(10-13-6-8-14(18)9-7-13)22(5)11-15-19-16(21-20-15)17(2,3)4/h6-9,12H,10-11H2,1-5H3,(H,19,20,21). The second kappa shape index (κ2) is 6.80. The van der Waals surface area contributed by atoms with E-state index >= 15 is 0 Å². The summed E-state index contributed by atoms with van der Waals surface area (Å²) in [4.78, 5) is 6.88. The van der Waals surface area contributed by atoms with Crippen molar-refractivity contribution in [3.05, 3.63) is 46.5 Å². The van der Waals surface area contributed by atoms with Gasteiger partial charge in [-0.2, -0.15) is 5.10 Å². The number of H-pyrrole nitrogens is 1. The molecule has 0 bridgehead atoms. The molecule has 1 atom stereocenters. The summed E-state index contributed by atoms with van der Waals surface area (Å²) in [5.74, 6) is 1.77. The third-order valence-corrected chi connectivity index (χ3v) is 4.05. The lowest BCUT2D eigenvalue weighted by Gasteiger charge is -2.23. The van der Waals surface area contributed by atoms with Crippen LogP contribution >= 0.6 is 11.6 Å². The summed E-state index contributed by atoms with van der Waals surface area (Å²) in [6.07, 6.45) is 0.980. The molecule has 5 heteroatoms. The van der Waals surface area contributed by atoms with Crippen LogP contribution in [0.15, 0.2) is 24.3 Å². The highest BCUT2D eigenvalue weighted by Gasteiger charge is 2.20. The molecule has 1 N–H and O–H groups in total. The van der Waals surface area contributed by atoms with E-state index in [4.69, 9.17) is 11.6 Å². The van der Waals surface area contributed by atoms with Gasteiger partial charge in [0.1, 0.15) is 5.82 Å². The number of benzene rings is 1. The van der Waals surface area contributed by atoms with Crippen LogP contribution in [0.1, 0.15) is 44.9 Å². The normalized spacial score (nSPS) is 13.6. The zero-order valence-electron chi connectivity index (χ0n) is 14.0. The fourth-order valence-electron chi connectivity index (χ4n) is 2.21. The van der Waals surface area contributed by atoms with Gasteiger partial charge in [0.2, 0.25) is 0 Å². The Morgan fingerprint density at radius 3 is 2.41 bits per heavy atom. The van der Waals surface area contributed by atoms with Crippen LogP contribution < -0.4 is 0 Å². The van der Waals surface area contributed by atoms with Gasteiger partial charge in [-0.05, 0) is 38.1 Å². The average molecular weight is 321 g/mol. The van der Waals surface area contributed by atoms with E-state index in [0.29, 0.717) is 6.04 Å². The van der Waals surface area contributed by atoms with Crippen LogP contribution in [0.4, 0.5) is 0 Å². The van der Waals surface area contributed by atoms with Crippen LogP contribution in [-0.2, 0) is 18.4 Å². The highest BCUT2D eigenvalue weighted by atomic mass is 35.5. The number of nitrogens with one attached hydrogen (secondary N) is 1. The summed E-state index contributed by atoms with van der Waals surface area (Å²) in [5, 5.41) is 8.14. The van der Waals surface area contributed by atoms with Crippen molar-refractivity contribution in [1.29, 1.82) is 0 Å². The summed E-state index contributed by atoms with van der Waals surface area (Å²) in [7, 11) is 2.11. The molecule has 0 aliphatic carbocycles. The fraction of sp³-hybridized carbons (Fsp3) is 0.529. The van der Waals surface area contributed by atoms with E-state index in [-0.39, 0.29) is 5.41 Å². The molecule has 0 saturated heterocycles. The molecule has 120 valence electrons. The minimum atomic E-state index is -0.0256. The van der Waals surface area contributed by atoms with E-state index in [1.165, 1.54) is 5.56 Å². The van der Waals surface area contributed by atoms with Crippen LogP contribution in [0.25, 0.3) is 0 Å². The third-order valence-electron chi connectivity index (χ3n) is 3.80. The minimum absolute atomic E-state index is 0.0256. The van der Waals surface area contributed by atoms with Gasteiger partial charge in [0.05, 0.1) is 6.54 Å². The molecule has 2 aromatic rings. The van der Waals surface area contributed by atoms with Crippen molar-refractivity contribution in [2.24, 2.45) is 0 Å². The molecule has 1 aromatic heterocycles. The Balaban J connectivity index is 1.95. The van der Waals surface area contributed by atoms with Gasteiger partial charge >= 0.3 is 0 Å². The molecule has 0 radical (unpaired) electrons. The largest absolute Gasteiger partial charge is 0.296 e. The molecule has 0 aliphatic heterocycles. The first-order chi connectivity index (χ1) is 10.3. The van der Waals surface area contributed by atoms with E-state index < -0.39 is 0 Å².